The molecule has 5 heteroatoms. The van der Waals surface area contributed by atoms with Crippen molar-refractivity contribution in [2.75, 3.05) is 40.5 Å². The molecular weight excluding hydrogens is 302 g/mol. The highest BCUT2D eigenvalue weighted by Gasteiger charge is 2.14. The molecular formula is C19H39N3O2. The molecule has 1 fully saturated rings. The number of hydrogen-bond donors (Lipinski definition) is 2. The highest BCUT2D eigenvalue weighted by molar-refractivity contribution is 5.79. The van der Waals surface area contributed by atoms with E-state index in [4.69, 9.17) is 9.47 Å². The van der Waals surface area contributed by atoms with Crippen molar-refractivity contribution in [1.82, 2.24) is 10.6 Å². The van der Waals surface area contributed by atoms with Crippen molar-refractivity contribution in [2.45, 2.75) is 70.8 Å². The van der Waals surface area contributed by atoms with Crippen molar-refractivity contribution >= 4 is 5.96 Å². The van der Waals surface area contributed by atoms with Crippen LogP contribution in [-0.4, -0.2) is 52.5 Å². The zero-order valence-electron chi connectivity index (χ0n) is 16.1. The third-order valence-corrected chi connectivity index (χ3v) is 4.78. The van der Waals surface area contributed by atoms with Gasteiger partial charge in [-0.05, 0) is 38.5 Å². The maximum absolute atomic E-state index is 5.46. The normalized spacial score (nSPS) is 17.7. The van der Waals surface area contributed by atoms with E-state index >= 15 is 0 Å². The lowest BCUT2D eigenvalue weighted by Crippen LogP contribution is -2.42. The molecule has 0 aromatic rings. The van der Waals surface area contributed by atoms with Crippen LogP contribution < -0.4 is 10.6 Å². The standard InChI is InChI=1S/C19H39N3O2/c1-17(11-12-18-9-5-4-6-10-18)22-19(20-2)21-13-7-8-14-24-16-15-23-3/h17-18H,4-16H2,1-3H3,(H2,20,21,22). The molecule has 1 rings (SSSR count). The second-order valence-electron chi connectivity index (χ2n) is 6.94. The Balaban J connectivity index is 2.02. The average molecular weight is 342 g/mol. The van der Waals surface area contributed by atoms with Gasteiger partial charge >= 0.3 is 0 Å². The maximum Gasteiger partial charge on any atom is 0.191 e. The highest BCUT2D eigenvalue weighted by Crippen LogP contribution is 2.27. The van der Waals surface area contributed by atoms with E-state index in [1.807, 2.05) is 7.05 Å². The fourth-order valence-corrected chi connectivity index (χ4v) is 3.24. The molecule has 0 heterocycles. The van der Waals surface area contributed by atoms with Crippen LogP contribution in [0.15, 0.2) is 4.99 Å². The quantitative estimate of drug-likeness (QED) is 0.325. The van der Waals surface area contributed by atoms with Crippen molar-refractivity contribution in [2.24, 2.45) is 10.9 Å². The van der Waals surface area contributed by atoms with E-state index in [0.29, 0.717) is 19.3 Å². The lowest BCUT2D eigenvalue weighted by atomic mass is 9.85. The molecule has 1 saturated carbocycles. The lowest BCUT2D eigenvalue weighted by Gasteiger charge is -2.24. The minimum absolute atomic E-state index is 0.482. The molecule has 0 radical (unpaired) electrons. The summed E-state index contributed by atoms with van der Waals surface area (Å²) in [6.07, 6.45) is 11.9. The number of nitrogens with zero attached hydrogens (tertiary/aromatic N) is 1. The van der Waals surface area contributed by atoms with E-state index < -0.39 is 0 Å². The third kappa shape index (κ3) is 10.9. The van der Waals surface area contributed by atoms with Crippen molar-refractivity contribution < 1.29 is 9.47 Å². The van der Waals surface area contributed by atoms with Gasteiger partial charge in [-0.3, -0.25) is 4.99 Å². The molecule has 2 N–H and O–H groups in total. The fourth-order valence-electron chi connectivity index (χ4n) is 3.24. The smallest absolute Gasteiger partial charge is 0.191 e. The maximum atomic E-state index is 5.46. The van der Waals surface area contributed by atoms with Crippen LogP contribution in [-0.2, 0) is 9.47 Å². The average Bonchev–Trinajstić information content (AvgIpc) is 2.62. The Bertz CT molecular complexity index is 318. The highest BCUT2D eigenvalue weighted by atomic mass is 16.5. The molecule has 0 aliphatic heterocycles. The van der Waals surface area contributed by atoms with Crippen molar-refractivity contribution in [3.8, 4) is 0 Å². The van der Waals surface area contributed by atoms with Crippen LogP contribution in [0.25, 0.3) is 0 Å². The third-order valence-electron chi connectivity index (χ3n) is 4.78. The molecule has 0 saturated heterocycles. The molecule has 24 heavy (non-hydrogen) atoms. The predicted octanol–water partition coefficient (Wildman–Crippen LogP) is 3.34. The van der Waals surface area contributed by atoms with E-state index in [9.17, 15) is 0 Å². The van der Waals surface area contributed by atoms with Gasteiger partial charge in [0.25, 0.3) is 0 Å². The first-order chi connectivity index (χ1) is 11.8. The molecule has 0 aromatic heterocycles. The number of guanidine groups is 1. The summed E-state index contributed by atoms with van der Waals surface area (Å²) in [7, 11) is 3.54. The summed E-state index contributed by atoms with van der Waals surface area (Å²) in [5.41, 5.74) is 0. The molecule has 0 spiro atoms. The number of nitrogens with one attached hydrogen (secondary N) is 2. The van der Waals surface area contributed by atoms with Crippen LogP contribution in [0.3, 0.4) is 0 Å². The zero-order chi connectivity index (χ0) is 17.5. The van der Waals surface area contributed by atoms with E-state index in [1.165, 1.54) is 44.9 Å². The van der Waals surface area contributed by atoms with Crippen LogP contribution in [0.1, 0.15) is 64.7 Å². The van der Waals surface area contributed by atoms with Crippen molar-refractivity contribution in [3.05, 3.63) is 0 Å². The molecule has 5 nitrogen and oxygen atoms in total. The molecule has 0 amide bonds. The van der Waals surface area contributed by atoms with Gasteiger partial charge < -0.3 is 20.1 Å². The van der Waals surface area contributed by atoms with Gasteiger partial charge in [0.05, 0.1) is 13.2 Å². The first-order valence-corrected chi connectivity index (χ1v) is 9.80. The number of unbranched alkanes of at least 4 members (excludes halogenated alkanes) is 1. The lowest BCUT2D eigenvalue weighted by molar-refractivity contribution is 0.0689. The van der Waals surface area contributed by atoms with Gasteiger partial charge in [-0.15, -0.1) is 0 Å². The summed E-state index contributed by atoms with van der Waals surface area (Å²) in [5.74, 6) is 1.88. The molecule has 0 bridgehead atoms. The SMILES string of the molecule is CN=C(NCCCCOCCOC)NC(C)CCC1CCCCC1. The number of methoxy groups -OCH3 is 1. The zero-order valence-corrected chi connectivity index (χ0v) is 16.1. The van der Waals surface area contributed by atoms with Gasteiger partial charge in [-0.2, -0.15) is 0 Å². The van der Waals surface area contributed by atoms with Gasteiger partial charge in [0.2, 0.25) is 0 Å². The Hall–Kier alpha value is -0.810. The molecule has 142 valence electrons. The van der Waals surface area contributed by atoms with Crippen molar-refractivity contribution in [3.63, 3.8) is 0 Å². The molecule has 1 unspecified atom stereocenters. The van der Waals surface area contributed by atoms with Crippen LogP contribution in [0.4, 0.5) is 0 Å². The van der Waals surface area contributed by atoms with E-state index in [-0.39, 0.29) is 0 Å². The predicted molar refractivity (Wildman–Crippen MR) is 102 cm³/mol. The van der Waals surface area contributed by atoms with Crippen molar-refractivity contribution in [1.29, 1.82) is 0 Å². The summed E-state index contributed by atoms with van der Waals surface area (Å²) < 4.78 is 10.4. The monoisotopic (exact) mass is 341 g/mol. The van der Waals surface area contributed by atoms with E-state index in [2.05, 4.69) is 22.5 Å². The Morgan fingerprint density at radius 2 is 1.92 bits per heavy atom. The summed E-state index contributed by atoms with van der Waals surface area (Å²) in [6, 6.07) is 0.482. The largest absolute Gasteiger partial charge is 0.382 e. The van der Waals surface area contributed by atoms with Gasteiger partial charge in [0.15, 0.2) is 5.96 Å². The molecule has 1 atom stereocenters. The van der Waals surface area contributed by atoms with Crippen LogP contribution in [0.5, 0.6) is 0 Å². The van der Waals surface area contributed by atoms with Gasteiger partial charge in [-0.1, -0.05) is 32.1 Å². The Morgan fingerprint density at radius 1 is 1.12 bits per heavy atom. The van der Waals surface area contributed by atoms with Crippen LogP contribution in [0.2, 0.25) is 0 Å². The molecule has 1 aliphatic carbocycles. The summed E-state index contributed by atoms with van der Waals surface area (Å²) in [5, 5.41) is 6.92. The number of ether oxygens (including phenoxy) is 2. The molecule has 0 aromatic carbocycles. The Morgan fingerprint density at radius 3 is 2.62 bits per heavy atom. The van der Waals surface area contributed by atoms with E-state index in [1.54, 1.807) is 7.11 Å². The molecule has 1 aliphatic rings. The van der Waals surface area contributed by atoms with Gasteiger partial charge in [0.1, 0.15) is 0 Å². The van der Waals surface area contributed by atoms with Crippen LogP contribution >= 0.6 is 0 Å². The second kappa shape index (κ2) is 14.5. The summed E-state index contributed by atoms with van der Waals surface area (Å²) >= 11 is 0. The van der Waals surface area contributed by atoms with Gasteiger partial charge in [-0.25, -0.2) is 0 Å². The number of aliphatic imine (C=N–C) groups is 1. The minimum atomic E-state index is 0.482. The summed E-state index contributed by atoms with van der Waals surface area (Å²) in [6.45, 7) is 5.36. The summed E-state index contributed by atoms with van der Waals surface area (Å²) in [4.78, 5) is 4.33. The topological polar surface area (TPSA) is 54.9 Å². The number of hydrogen-bond acceptors (Lipinski definition) is 3. The first kappa shape index (κ1) is 21.2. The Kier molecular flexibility index (Phi) is 12.9. The Labute approximate surface area is 149 Å². The van der Waals surface area contributed by atoms with E-state index in [0.717, 1.165) is 37.9 Å². The minimum Gasteiger partial charge on any atom is -0.382 e. The van der Waals surface area contributed by atoms with Crippen LogP contribution in [0, 0.1) is 5.92 Å². The van der Waals surface area contributed by atoms with Gasteiger partial charge in [0, 0.05) is 33.4 Å². The fraction of sp³-hybridized carbons (Fsp3) is 0.947. The second-order valence-corrected chi connectivity index (χ2v) is 6.94. The number of rotatable bonds is 12. The first-order valence-electron chi connectivity index (χ1n) is 9.80.